The number of hydrogen-bond acceptors (Lipinski definition) is 4. The molecule has 5 heteroatoms. The predicted molar refractivity (Wildman–Crippen MR) is 84.6 cm³/mol. The Morgan fingerprint density at radius 1 is 1.52 bits per heavy atom. The third-order valence-electron chi connectivity index (χ3n) is 3.84. The van der Waals surface area contributed by atoms with Crippen LogP contribution in [0.1, 0.15) is 48.8 Å². The Balaban J connectivity index is 2.25. The van der Waals surface area contributed by atoms with Crippen LogP contribution < -0.4 is 10.2 Å². The van der Waals surface area contributed by atoms with E-state index in [0.717, 1.165) is 25.1 Å². The minimum absolute atomic E-state index is 0.174. The molecule has 1 unspecified atom stereocenters. The van der Waals surface area contributed by atoms with Gasteiger partial charge in [-0.05, 0) is 38.7 Å². The van der Waals surface area contributed by atoms with Crippen molar-refractivity contribution in [2.75, 3.05) is 18.0 Å². The van der Waals surface area contributed by atoms with Crippen LogP contribution in [0.4, 0.5) is 5.95 Å². The van der Waals surface area contributed by atoms with Crippen LogP contribution >= 0.6 is 0 Å². The molecule has 1 saturated heterocycles. The average molecular weight is 288 g/mol. The molecule has 1 aliphatic heterocycles. The first-order chi connectivity index (χ1) is 10.2. The molecule has 0 bridgehead atoms. The molecule has 1 atom stereocenters. The summed E-state index contributed by atoms with van der Waals surface area (Å²) in [6.45, 7) is 9.11. The van der Waals surface area contributed by atoms with Gasteiger partial charge in [0.2, 0.25) is 5.95 Å². The van der Waals surface area contributed by atoms with Gasteiger partial charge in [-0.25, -0.2) is 9.97 Å². The van der Waals surface area contributed by atoms with Gasteiger partial charge in [0.05, 0.1) is 0 Å². The monoisotopic (exact) mass is 288 g/mol. The molecule has 1 aromatic heterocycles. The highest BCUT2D eigenvalue weighted by atomic mass is 16.1. The molecular formula is C16H24N4O. The van der Waals surface area contributed by atoms with Crippen LogP contribution in [0.25, 0.3) is 0 Å². The van der Waals surface area contributed by atoms with E-state index in [1.807, 2.05) is 6.92 Å². The average Bonchev–Trinajstić information content (AvgIpc) is 2.51. The van der Waals surface area contributed by atoms with Crippen molar-refractivity contribution < 1.29 is 4.79 Å². The first-order valence-corrected chi connectivity index (χ1v) is 7.67. The molecule has 1 amide bonds. The second kappa shape index (κ2) is 7.20. The molecule has 5 nitrogen and oxygen atoms in total. The van der Waals surface area contributed by atoms with Gasteiger partial charge in [0.15, 0.2) is 0 Å². The summed E-state index contributed by atoms with van der Waals surface area (Å²) in [5.41, 5.74) is 1.25. The number of rotatable bonds is 5. The van der Waals surface area contributed by atoms with Gasteiger partial charge in [0, 0.05) is 24.8 Å². The Morgan fingerprint density at radius 2 is 2.33 bits per heavy atom. The summed E-state index contributed by atoms with van der Waals surface area (Å²) >= 11 is 0. The summed E-state index contributed by atoms with van der Waals surface area (Å²) < 4.78 is 0. The van der Waals surface area contributed by atoms with Gasteiger partial charge in [-0.3, -0.25) is 4.79 Å². The minimum atomic E-state index is -0.174. The number of nitrogens with one attached hydrogen (secondary N) is 1. The van der Waals surface area contributed by atoms with Crippen LogP contribution in [-0.4, -0.2) is 35.0 Å². The predicted octanol–water partition coefficient (Wildman–Crippen LogP) is 2.47. The minimum Gasteiger partial charge on any atom is -0.347 e. The number of aromatic nitrogens is 2. The Hall–Kier alpha value is -1.91. The zero-order valence-electron chi connectivity index (χ0n) is 12.9. The molecule has 2 rings (SSSR count). The van der Waals surface area contributed by atoms with E-state index in [1.165, 1.54) is 12.8 Å². The maximum absolute atomic E-state index is 12.1. The highest BCUT2D eigenvalue weighted by molar-refractivity contribution is 5.92. The number of carbonyl (C=O) groups excluding carboxylic acids is 1. The van der Waals surface area contributed by atoms with Crippen LogP contribution in [0, 0.1) is 6.92 Å². The first kappa shape index (κ1) is 15.5. The lowest BCUT2D eigenvalue weighted by Gasteiger charge is -2.35. The second-order valence-electron chi connectivity index (χ2n) is 5.44. The summed E-state index contributed by atoms with van der Waals surface area (Å²) in [6.07, 6.45) is 6.32. The first-order valence-electron chi connectivity index (χ1n) is 7.67. The third-order valence-corrected chi connectivity index (χ3v) is 3.84. The molecule has 1 aromatic rings. The van der Waals surface area contributed by atoms with Crippen LogP contribution in [0.15, 0.2) is 18.7 Å². The number of carbonyl (C=O) groups is 1. The summed E-state index contributed by atoms with van der Waals surface area (Å²) in [7, 11) is 0. The summed E-state index contributed by atoms with van der Waals surface area (Å²) in [5, 5.41) is 2.77. The molecule has 1 aliphatic rings. The summed E-state index contributed by atoms with van der Waals surface area (Å²) in [6, 6.07) is 2.21. The van der Waals surface area contributed by atoms with E-state index in [0.29, 0.717) is 24.2 Å². The maximum Gasteiger partial charge on any atom is 0.270 e. The highest BCUT2D eigenvalue weighted by Gasteiger charge is 2.24. The van der Waals surface area contributed by atoms with E-state index in [9.17, 15) is 4.79 Å². The lowest BCUT2D eigenvalue weighted by molar-refractivity contribution is 0.0952. The molecule has 0 radical (unpaired) electrons. The summed E-state index contributed by atoms with van der Waals surface area (Å²) in [4.78, 5) is 23.3. The highest BCUT2D eigenvalue weighted by Crippen LogP contribution is 2.24. The van der Waals surface area contributed by atoms with E-state index in [2.05, 4.69) is 33.7 Å². The van der Waals surface area contributed by atoms with Gasteiger partial charge in [-0.2, -0.15) is 0 Å². The molecule has 21 heavy (non-hydrogen) atoms. The Morgan fingerprint density at radius 3 is 3.05 bits per heavy atom. The molecule has 0 aromatic carbocycles. The van der Waals surface area contributed by atoms with Gasteiger partial charge in [-0.15, -0.1) is 6.58 Å². The topological polar surface area (TPSA) is 58.1 Å². The molecule has 0 saturated carbocycles. The molecule has 114 valence electrons. The Labute approximate surface area is 126 Å². The van der Waals surface area contributed by atoms with E-state index in [1.54, 1.807) is 12.1 Å². The van der Waals surface area contributed by atoms with E-state index in [-0.39, 0.29) is 5.91 Å². The lowest BCUT2D eigenvalue weighted by Crippen LogP contribution is -2.40. The second-order valence-corrected chi connectivity index (χ2v) is 5.44. The molecule has 0 aliphatic carbocycles. The standard InChI is InChI=1S/C16H24N4O/c1-4-9-17-15(21)14-11-12(3)18-16(19-14)20-10-7-6-8-13(20)5-2/h4,11,13H,1,5-10H2,2-3H3,(H,17,21). The van der Waals surface area contributed by atoms with Crippen molar-refractivity contribution in [1.29, 1.82) is 0 Å². The van der Waals surface area contributed by atoms with Crippen LogP contribution in [0.5, 0.6) is 0 Å². The SMILES string of the molecule is C=CCNC(=O)c1cc(C)nc(N2CCCCC2CC)n1. The zero-order valence-corrected chi connectivity index (χ0v) is 12.9. The van der Waals surface area contributed by atoms with E-state index in [4.69, 9.17) is 0 Å². The molecular weight excluding hydrogens is 264 g/mol. The molecule has 2 heterocycles. The van der Waals surface area contributed by atoms with Crippen molar-refractivity contribution in [3.05, 3.63) is 30.1 Å². The fraction of sp³-hybridized carbons (Fsp3) is 0.562. The Bertz CT molecular complexity index is 515. The number of piperidine rings is 1. The van der Waals surface area contributed by atoms with Crippen molar-refractivity contribution in [3.8, 4) is 0 Å². The smallest absolute Gasteiger partial charge is 0.270 e. The van der Waals surface area contributed by atoms with Crippen LogP contribution in [0.3, 0.4) is 0 Å². The maximum atomic E-state index is 12.1. The van der Waals surface area contributed by atoms with Gasteiger partial charge in [0.25, 0.3) is 5.91 Å². The number of anilines is 1. The van der Waals surface area contributed by atoms with E-state index < -0.39 is 0 Å². The van der Waals surface area contributed by atoms with Crippen molar-refractivity contribution in [1.82, 2.24) is 15.3 Å². The zero-order chi connectivity index (χ0) is 15.2. The lowest BCUT2D eigenvalue weighted by atomic mass is 10.0. The van der Waals surface area contributed by atoms with Gasteiger partial charge in [-0.1, -0.05) is 13.0 Å². The largest absolute Gasteiger partial charge is 0.347 e. The van der Waals surface area contributed by atoms with Crippen molar-refractivity contribution in [2.45, 2.75) is 45.6 Å². The van der Waals surface area contributed by atoms with Crippen molar-refractivity contribution in [2.24, 2.45) is 0 Å². The normalized spacial score (nSPS) is 18.4. The fourth-order valence-corrected chi connectivity index (χ4v) is 2.74. The van der Waals surface area contributed by atoms with Crippen LogP contribution in [-0.2, 0) is 0 Å². The molecule has 0 spiro atoms. The molecule has 1 fully saturated rings. The van der Waals surface area contributed by atoms with Gasteiger partial charge in [0.1, 0.15) is 5.69 Å². The van der Waals surface area contributed by atoms with Crippen molar-refractivity contribution >= 4 is 11.9 Å². The van der Waals surface area contributed by atoms with Gasteiger partial charge >= 0.3 is 0 Å². The summed E-state index contributed by atoms with van der Waals surface area (Å²) in [5.74, 6) is 0.511. The molecule has 1 N–H and O–H groups in total. The van der Waals surface area contributed by atoms with E-state index >= 15 is 0 Å². The number of nitrogens with zero attached hydrogens (tertiary/aromatic N) is 3. The fourth-order valence-electron chi connectivity index (χ4n) is 2.74. The Kier molecular flexibility index (Phi) is 5.31. The third kappa shape index (κ3) is 3.80. The van der Waals surface area contributed by atoms with Crippen molar-refractivity contribution in [3.63, 3.8) is 0 Å². The quantitative estimate of drug-likeness (QED) is 0.846. The van der Waals surface area contributed by atoms with Gasteiger partial charge < -0.3 is 10.2 Å². The van der Waals surface area contributed by atoms with Crippen LogP contribution in [0.2, 0.25) is 0 Å². The number of hydrogen-bond donors (Lipinski definition) is 1. The number of amides is 1. The number of aryl methyl sites for hydroxylation is 1.